The highest BCUT2D eigenvalue weighted by Crippen LogP contribution is 2.62. The molecule has 2 aromatic rings. The minimum Gasteiger partial charge on any atom is -0.497 e. The summed E-state index contributed by atoms with van der Waals surface area (Å²) >= 11 is 0. The van der Waals surface area contributed by atoms with Crippen LogP contribution in [-0.2, 0) is 25.5 Å². The topological polar surface area (TPSA) is 158 Å². The first-order valence-corrected chi connectivity index (χ1v) is 22.0. The van der Waals surface area contributed by atoms with Gasteiger partial charge in [-0.15, -0.1) is 6.58 Å². The number of carbonyl (C=O) groups excluding carboxylic acids is 2. The number of nitrogens with one attached hydrogen (secondary N) is 1. The van der Waals surface area contributed by atoms with Gasteiger partial charge >= 0.3 is 6.09 Å². The Labute approximate surface area is 355 Å². The number of benzene rings is 2. The van der Waals surface area contributed by atoms with Crippen LogP contribution in [-0.4, -0.2) is 97.6 Å². The Bertz CT molecular complexity index is 1810. The number of amides is 2. The smallest absolute Gasteiger partial charge is 0.412 e. The van der Waals surface area contributed by atoms with E-state index < -0.39 is 30.1 Å². The molecule has 0 bridgehead atoms. The van der Waals surface area contributed by atoms with Crippen molar-refractivity contribution >= 4 is 17.7 Å². The molecule has 2 aliphatic heterocycles. The molecule has 2 aliphatic carbocycles. The van der Waals surface area contributed by atoms with E-state index in [-0.39, 0.29) is 56.3 Å². The maximum Gasteiger partial charge on any atom is 0.412 e. The summed E-state index contributed by atoms with van der Waals surface area (Å²) < 4.78 is 31.7. The molecule has 1 saturated heterocycles. The van der Waals surface area contributed by atoms with Crippen LogP contribution < -0.4 is 19.5 Å². The van der Waals surface area contributed by atoms with Gasteiger partial charge in [-0.05, 0) is 105 Å². The van der Waals surface area contributed by atoms with Crippen LogP contribution in [0.15, 0.2) is 71.9 Å². The normalized spacial score (nSPS) is 26.1. The number of aliphatic hydroxyl groups excluding tert-OH is 2. The van der Waals surface area contributed by atoms with Gasteiger partial charge in [-0.25, -0.2) is 4.79 Å². The zero-order valence-corrected chi connectivity index (χ0v) is 35.7. The van der Waals surface area contributed by atoms with Gasteiger partial charge in [-0.1, -0.05) is 49.2 Å². The zero-order chi connectivity index (χ0) is 42.5. The van der Waals surface area contributed by atoms with Crippen molar-refractivity contribution in [2.45, 2.75) is 115 Å². The standard InChI is InChI=1S/C47H65N3O10/c1-5-22-50(42(53)28-32-15-14-17-34(27-32)55-4)41-31-39(49-60-43-19-10-13-26-56-43)37-29-33(16-8-11-23-51)36(18-9-12-24-52)44-38-30-35(58-46(54)48-7-3)20-21-40(38)59-47(41,45(37)44)57-25-6-2/h6,14-15,17,20-21,27,29-30,33,36,41,43-45,51-52H,2,5,7-13,16,18-19,22-26,28,31H2,1,3-4H3,(H,48,54)/t33-,36+,41-,43?,44+,45+,47+/m0/s1. The fraction of sp³-hybridized carbons (Fsp3) is 0.596. The number of carbonyl (C=O) groups is 2. The average Bonchev–Trinajstić information content (AvgIpc) is 3.26. The molecule has 4 aliphatic rings. The number of oxime groups is 1. The van der Waals surface area contributed by atoms with E-state index in [4.69, 9.17) is 33.7 Å². The largest absolute Gasteiger partial charge is 0.497 e. The number of unbranched alkanes of at least 4 members (excludes halogenated alkanes) is 2. The molecule has 1 unspecified atom stereocenters. The molecular formula is C47H65N3O10. The fourth-order valence-electron chi connectivity index (χ4n) is 9.67. The predicted molar refractivity (Wildman–Crippen MR) is 228 cm³/mol. The Morgan fingerprint density at radius 3 is 2.58 bits per heavy atom. The van der Waals surface area contributed by atoms with E-state index in [2.05, 4.69) is 24.9 Å². The Kier molecular flexibility index (Phi) is 16.5. The summed E-state index contributed by atoms with van der Waals surface area (Å²) in [7, 11) is 1.61. The Balaban J connectivity index is 1.57. The number of hydrogen-bond acceptors (Lipinski definition) is 11. The van der Waals surface area contributed by atoms with Crippen LogP contribution in [0.3, 0.4) is 0 Å². The van der Waals surface area contributed by atoms with Crippen LogP contribution >= 0.6 is 0 Å². The molecule has 13 nitrogen and oxygen atoms in total. The minimum atomic E-state index is -1.40. The second-order valence-electron chi connectivity index (χ2n) is 16.2. The maximum atomic E-state index is 14.9. The van der Waals surface area contributed by atoms with Gasteiger partial charge in [0.25, 0.3) is 0 Å². The van der Waals surface area contributed by atoms with E-state index in [0.717, 1.165) is 61.6 Å². The molecule has 2 amide bonds. The molecule has 13 heteroatoms. The highest BCUT2D eigenvalue weighted by Gasteiger charge is 2.65. The molecule has 2 heterocycles. The molecule has 2 fully saturated rings. The SMILES string of the molecule is C=CCO[C@@]12Oc3ccc(OC(=O)NCC)cc3[C@H]3[C@H](CCCCO)[C@@H](CCCCO)C=C(C(=NOC4CCCCO4)C[C@@H]1N(CCC)C(=O)Cc1cccc(OC)c1)[C@H]32. The summed E-state index contributed by atoms with van der Waals surface area (Å²) in [5.41, 5.74) is 3.33. The van der Waals surface area contributed by atoms with Crippen molar-refractivity contribution in [3.63, 3.8) is 0 Å². The third kappa shape index (κ3) is 10.4. The van der Waals surface area contributed by atoms with E-state index in [1.54, 1.807) is 19.3 Å². The van der Waals surface area contributed by atoms with Crippen LogP contribution in [0, 0.1) is 17.8 Å². The number of aliphatic hydroxyl groups is 2. The van der Waals surface area contributed by atoms with E-state index in [1.165, 1.54) is 0 Å². The summed E-state index contributed by atoms with van der Waals surface area (Å²) in [6.07, 6.45) is 11.2. The molecule has 7 atom stereocenters. The first kappa shape index (κ1) is 45.1. The van der Waals surface area contributed by atoms with Gasteiger partial charge in [0.05, 0.1) is 38.4 Å². The molecular weight excluding hydrogens is 767 g/mol. The summed E-state index contributed by atoms with van der Waals surface area (Å²) in [6.45, 7) is 9.70. The lowest BCUT2D eigenvalue weighted by atomic mass is 9.55. The third-order valence-electron chi connectivity index (χ3n) is 12.2. The van der Waals surface area contributed by atoms with Crippen molar-refractivity contribution < 1.29 is 48.3 Å². The number of methoxy groups -OCH3 is 1. The van der Waals surface area contributed by atoms with Crippen LogP contribution in [0.5, 0.6) is 17.2 Å². The molecule has 2 aromatic carbocycles. The summed E-state index contributed by atoms with van der Waals surface area (Å²) in [5, 5.41) is 27.5. The highest BCUT2D eigenvalue weighted by molar-refractivity contribution is 6.03. The molecule has 6 rings (SSSR count). The van der Waals surface area contributed by atoms with Gasteiger partial charge in [-0.3, -0.25) is 4.79 Å². The Morgan fingerprint density at radius 2 is 1.87 bits per heavy atom. The number of rotatable bonds is 21. The van der Waals surface area contributed by atoms with Gasteiger partial charge in [0.15, 0.2) is 0 Å². The number of nitrogens with zero attached hydrogens (tertiary/aromatic N) is 2. The third-order valence-corrected chi connectivity index (χ3v) is 12.2. The molecule has 1 saturated carbocycles. The minimum absolute atomic E-state index is 0.0211. The monoisotopic (exact) mass is 831 g/mol. The summed E-state index contributed by atoms with van der Waals surface area (Å²) in [5.74, 6) is -0.529. The van der Waals surface area contributed by atoms with Crippen molar-refractivity contribution in [1.82, 2.24) is 10.2 Å². The number of fused-ring (bicyclic) bond motifs is 2. The summed E-state index contributed by atoms with van der Waals surface area (Å²) in [6, 6.07) is 12.4. The number of hydrogen-bond donors (Lipinski definition) is 3. The van der Waals surface area contributed by atoms with Crippen LogP contribution in [0.1, 0.15) is 102 Å². The van der Waals surface area contributed by atoms with E-state index >= 15 is 0 Å². The van der Waals surface area contributed by atoms with Gasteiger partial charge in [-0.2, -0.15) is 0 Å². The van der Waals surface area contributed by atoms with Gasteiger partial charge in [0.1, 0.15) is 23.3 Å². The van der Waals surface area contributed by atoms with Gasteiger partial charge < -0.3 is 49.0 Å². The van der Waals surface area contributed by atoms with Crippen LogP contribution in [0.2, 0.25) is 0 Å². The zero-order valence-electron chi connectivity index (χ0n) is 35.7. The van der Waals surface area contributed by atoms with E-state index in [1.807, 2.05) is 48.2 Å². The molecule has 0 aromatic heterocycles. The molecule has 0 radical (unpaired) electrons. The molecule has 60 heavy (non-hydrogen) atoms. The molecule has 328 valence electrons. The predicted octanol–water partition coefficient (Wildman–Crippen LogP) is 7.45. The van der Waals surface area contributed by atoms with Gasteiger partial charge in [0, 0.05) is 50.6 Å². The average molecular weight is 832 g/mol. The summed E-state index contributed by atoms with van der Waals surface area (Å²) in [4.78, 5) is 35.8. The Hall–Kier alpha value is -4.43. The van der Waals surface area contributed by atoms with Crippen molar-refractivity contribution in [3.05, 3.63) is 77.9 Å². The number of ether oxygens (including phenoxy) is 5. The highest BCUT2D eigenvalue weighted by atomic mass is 16.8. The van der Waals surface area contributed by atoms with Crippen molar-refractivity contribution in [3.8, 4) is 17.2 Å². The van der Waals surface area contributed by atoms with E-state index in [9.17, 15) is 19.8 Å². The second kappa shape index (κ2) is 21.9. The lowest BCUT2D eigenvalue weighted by Gasteiger charge is -2.60. The quantitative estimate of drug-likeness (QED) is 0.0656. The number of allylic oxidation sites excluding steroid dienone is 1. The van der Waals surface area contributed by atoms with Crippen molar-refractivity contribution in [2.24, 2.45) is 22.9 Å². The second-order valence-corrected chi connectivity index (χ2v) is 16.2. The van der Waals surface area contributed by atoms with Crippen molar-refractivity contribution in [1.29, 1.82) is 0 Å². The lowest BCUT2D eigenvalue weighted by Crippen LogP contribution is -2.70. The fourth-order valence-corrected chi connectivity index (χ4v) is 9.67. The van der Waals surface area contributed by atoms with Gasteiger partial charge in [0.2, 0.25) is 18.0 Å². The lowest BCUT2D eigenvalue weighted by molar-refractivity contribution is -0.257. The van der Waals surface area contributed by atoms with Crippen LogP contribution in [0.4, 0.5) is 4.79 Å². The Morgan fingerprint density at radius 1 is 1.05 bits per heavy atom. The van der Waals surface area contributed by atoms with Crippen molar-refractivity contribution in [2.75, 3.05) is 46.6 Å². The first-order valence-electron chi connectivity index (χ1n) is 22.0. The van der Waals surface area contributed by atoms with Crippen LogP contribution in [0.25, 0.3) is 0 Å². The first-order chi connectivity index (χ1) is 29.3. The molecule has 0 spiro atoms. The molecule has 3 N–H and O–H groups in total. The van der Waals surface area contributed by atoms with E-state index in [0.29, 0.717) is 61.9 Å². The maximum absolute atomic E-state index is 14.9.